The van der Waals surface area contributed by atoms with Crippen molar-refractivity contribution in [3.8, 4) is 0 Å². The van der Waals surface area contributed by atoms with Crippen molar-refractivity contribution in [2.24, 2.45) is 0 Å². The lowest BCUT2D eigenvalue weighted by Crippen LogP contribution is -2.13. The highest BCUT2D eigenvalue weighted by molar-refractivity contribution is 9.10. The number of hydrogen-bond donors (Lipinski definition) is 1. The van der Waals surface area contributed by atoms with E-state index in [0.717, 1.165) is 16.5 Å². The van der Waals surface area contributed by atoms with Crippen molar-refractivity contribution in [3.63, 3.8) is 0 Å². The second kappa shape index (κ2) is 6.66. The van der Waals surface area contributed by atoms with Gasteiger partial charge in [-0.25, -0.2) is 0 Å². The Hall–Kier alpha value is -0.870. The zero-order chi connectivity index (χ0) is 12.0. The van der Waals surface area contributed by atoms with E-state index in [9.17, 15) is 9.90 Å². The standard InChI is InChI=1S/C12H15BrO3/c1-16-8-4-6-10(12(14)15)9-5-2-3-7-11(9)13/h2-3,5,7,10H,4,6,8H2,1H3,(H,14,15). The van der Waals surface area contributed by atoms with E-state index in [-0.39, 0.29) is 0 Å². The van der Waals surface area contributed by atoms with Gasteiger partial charge in [-0.05, 0) is 24.5 Å². The maximum atomic E-state index is 11.2. The predicted molar refractivity (Wildman–Crippen MR) is 65.6 cm³/mol. The van der Waals surface area contributed by atoms with Crippen molar-refractivity contribution in [1.29, 1.82) is 0 Å². The number of hydrogen-bond acceptors (Lipinski definition) is 2. The first-order valence-electron chi connectivity index (χ1n) is 5.13. The van der Waals surface area contributed by atoms with Gasteiger partial charge in [0, 0.05) is 18.2 Å². The summed E-state index contributed by atoms with van der Waals surface area (Å²) < 4.78 is 5.78. The van der Waals surface area contributed by atoms with E-state index < -0.39 is 11.9 Å². The van der Waals surface area contributed by atoms with Gasteiger partial charge < -0.3 is 9.84 Å². The first-order valence-corrected chi connectivity index (χ1v) is 5.92. The minimum atomic E-state index is -0.789. The lowest BCUT2D eigenvalue weighted by molar-refractivity contribution is -0.139. The Morgan fingerprint density at radius 1 is 1.50 bits per heavy atom. The molecule has 4 heteroatoms. The van der Waals surface area contributed by atoms with Gasteiger partial charge in [-0.15, -0.1) is 0 Å². The van der Waals surface area contributed by atoms with Crippen molar-refractivity contribution in [3.05, 3.63) is 34.3 Å². The van der Waals surface area contributed by atoms with E-state index in [1.807, 2.05) is 24.3 Å². The first-order chi connectivity index (χ1) is 7.66. The smallest absolute Gasteiger partial charge is 0.311 e. The number of halogens is 1. The summed E-state index contributed by atoms with van der Waals surface area (Å²) in [7, 11) is 1.62. The van der Waals surface area contributed by atoms with Crippen LogP contribution in [0.4, 0.5) is 0 Å². The normalized spacial score (nSPS) is 12.4. The minimum absolute atomic E-state index is 0.467. The average Bonchev–Trinajstić information content (AvgIpc) is 2.25. The zero-order valence-electron chi connectivity index (χ0n) is 9.15. The van der Waals surface area contributed by atoms with Gasteiger partial charge in [0.1, 0.15) is 0 Å². The van der Waals surface area contributed by atoms with Crippen molar-refractivity contribution in [1.82, 2.24) is 0 Å². The second-order valence-corrected chi connectivity index (χ2v) is 4.40. The van der Waals surface area contributed by atoms with Crippen LogP contribution in [0.3, 0.4) is 0 Å². The van der Waals surface area contributed by atoms with Gasteiger partial charge >= 0.3 is 5.97 Å². The highest BCUT2D eigenvalue weighted by Gasteiger charge is 2.21. The summed E-state index contributed by atoms with van der Waals surface area (Å²) in [5.41, 5.74) is 0.825. The summed E-state index contributed by atoms with van der Waals surface area (Å²) in [6.45, 7) is 0.592. The number of benzene rings is 1. The fourth-order valence-electron chi connectivity index (χ4n) is 1.60. The molecule has 1 N–H and O–H groups in total. The second-order valence-electron chi connectivity index (χ2n) is 3.55. The molecule has 0 aliphatic rings. The van der Waals surface area contributed by atoms with Gasteiger partial charge in [0.05, 0.1) is 5.92 Å². The molecule has 0 saturated heterocycles. The molecule has 0 heterocycles. The molecule has 0 aromatic heterocycles. The molecule has 1 aromatic rings. The molecule has 0 fully saturated rings. The SMILES string of the molecule is COCCCC(C(=O)O)c1ccccc1Br. The monoisotopic (exact) mass is 286 g/mol. The lowest BCUT2D eigenvalue weighted by Gasteiger charge is -2.13. The topological polar surface area (TPSA) is 46.5 Å². The Kier molecular flexibility index (Phi) is 5.49. The summed E-state index contributed by atoms with van der Waals surface area (Å²) >= 11 is 3.38. The lowest BCUT2D eigenvalue weighted by atomic mass is 9.94. The number of carbonyl (C=O) groups is 1. The van der Waals surface area contributed by atoms with Gasteiger partial charge in [0.2, 0.25) is 0 Å². The van der Waals surface area contributed by atoms with Gasteiger partial charge in [0.15, 0.2) is 0 Å². The van der Waals surface area contributed by atoms with Crippen LogP contribution in [-0.4, -0.2) is 24.8 Å². The van der Waals surface area contributed by atoms with Crippen molar-refractivity contribution < 1.29 is 14.6 Å². The molecule has 88 valence electrons. The van der Waals surface area contributed by atoms with Crippen LogP contribution in [0.5, 0.6) is 0 Å². The molecular weight excluding hydrogens is 272 g/mol. The molecule has 0 spiro atoms. The van der Waals surface area contributed by atoms with Crippen LogP contribution in [-0.2, 0) is 9.53 Å². The van der Waals surface area contributed by atoms with Crippen LogP contribution in [0.1, 0.15) is 24.3 Å². The van der Waals surface area contributed by atoms with Gasteiger partial charge in [0.25, 0.3) is 0 Å². The Balaban J connectivity index is 2.78. The maximum absolute atomic E-state index is 11.2. The van der Waals surface area contributed by atoms with Crippen LogP contribution >= 0.6 is 15.9 Å². The molecule has 0 amide bonds. The van der Waals surface area contributed by atoms with E-state index >= 15 is 0 Å². The van der Waals surface area contributed by atoms with Crippen LogP contribution in [0.15, 0.2) is 28.7 Å². The molecule has 3 nitrogen and oxygen atoms in total. The molecule has 1 aromatic carbocycles. The fraction of sp³-hybridized carbons (Fsp3) is 0.417. The molecule has 0 aliphatic heterocycles. The summed E-state index contributed by atoms with van der Waals surface area (Å²) in [4.78, 5) is 11.2. The largest absolute Gasteiger partial charge is 0.481 e. The summed E-state index contributed by atoms with van der Waals surface area (Å²) in [5, 5.41) is 9.19. The first kappa shape index (κ1) is 13.2. The van der Waals surface area contributed by atoms with Gasteiger partial charge in [-0.3, -0.25) is 4.79 Å². The van der Waals surface area contributed by atoms with Crippen molar-refractivity contribution >= 4 is 21.9 Å². The Labute approximate surface area is 104 Å². The van der Waals surface area contributed by atoms with Crippen LogP contribution < -0.4 is 0 Å². The van der Waals surface area contributed by atoms with Gasteiger partial charge in [-0.2, -0.15) is 0 Å². The summed E-state index contributed by atoms with van der Waals surface area (Å²) in [5.74, 6) is -1.26. The Morgan fingerprint density at radius 2 is 2.19 bits per heavy atom. The molecule has 0 aliphatic carbocycles. The predicted octanol–water partition coefficient (Wildman–Crippen LogP) is 3.04. The maximum Gasteiger partial charge on any atom is 0.311 e. The summed E-state index contributed by atoms with van der Waals surface area (Å²) in [6, 6.07) is 7.44. The molecule has 1 atom stereocenters. The highest BCUT2D eigenvalue weighted by atomic mass is 79.9. The van der Waals surface area contributed by atoms with Crippen LogP contribution in [0, 0.1) is 0 Å². The number of methoxy groups -OCH3 is 1. The summed E-state index contributed by atoms with van der Waals surface area (Å²) in [6.07, 6.45) is 1.33. The third-order valence-electron chi connectivity index (χ3n) is 2.42. The zero-order valence-corrected chi connectivity index (χ0v) is 10.7. The fourth-order valence-corrected chi connectivity index (χ4v) is 2.16. The number of rotatable bonds is 6. The molecule has 1 unspecified atom stereocenters. The molecule has 0 bridgehead atoms. The third kappa shape index (κ3) is 3.61. The van der Waals surface area contributed by atoms with Crippen LogP contribution in [0.25, 0.3) is 0 Å². The highest BCUT2D eigenvalue weighted by Crippen LogP contribution is 2.28. The quantitative estimate of drug-likeness (QED) is 0.818. The molecule has 16 heavy (non-hydrogen) atoms. The number of ether oxygens (including phenoxy) is 1. The van der Waals surface area contributed by atoms with E-state index in [4.69, 9.17) is 4.74 Å². The van der Waals surface area contributed by atoms with Gasteiger partial charge in [-0.1, -0.05) is 34.1 Å². The number of carboxylic acid groups (broad SMARTS) is 1. The molecule has 1 rings (SSSR count). The molecule has 0 radical (unpaired) electrons. The van der Waals surface area contributed by atoms with Crippen molar-refractivity contribution in [2.45, 2.75) is 18.8 Å². The molecular formula is C12H15BrO3. The third-order valence-corrected chi connectivity index (χ3v) is 3.14. The molecule has 0 saturated carbocycles. The van der Waals surface area contributed by atoms with E-state index in [0.29, 0.717) is 13.0 Å². The van der Waals surface area contributed by atoms with E-state index in [1.54, 1.807) is 7.11 Å². The van der Waals surface area contributed by atoms with E-state index in [2.05, 4.69) is 15.9 Å². The minimum Gasteiger partial charge on any atom is -0.481 e. The number of carboxylic acids is 1. The van der Waals surface area contributed by atoms with Crippen LogP contribution in [0.2, 0.25) is 0 Å². The van der Waals surface area contributed by atoms with E-state index in [1.165, 1.54) is 0 Å². The Bertz CT molecular complexity index is 352. The van der Waals surface area contributed by atoms with Crippen molar-refractivity contribution in [2.75, 3.05) is 13.7 Å². The Morgan fingerprint density at radius 3 is 2.75 bits per heavy atom. The average molecular weight is 287 g/mol. The number of aliphatic carboxylic acids is 1.